The third kappa shape index (κ3) is 3.18. The van der Waals surface area contributed by atoms with Crippen LogP contribution in [-0.2, 0) is 16.9 Å². The molecule has 1 unspecified atom stereocenters. The summed E-state index contributed by atoms with van der Waals surface area (Å²) in [6, 6.07) is 17.7. The zero-order valence-electron chi connectivity index (χ0n) is 14.3. The first-order valence-corrected chi connectivity index (χ1v) is 9.70. The number of para-hydroxylation sites is 1. The molecule has 136 valence electrons. The summed E-state index contributed by atoms with van der Waals surface area (Å²) in [5, 5.41) is 13.7. The van der Waals surface area contributed by atoms with Crippen LogP contribution in [0.2, 0.25) is 5.02 Å². The van der Waals surface area contributed by atoms with Crippen molar-refractivity contribution in [2.75, 3.05) is 4.90 Å². The van der Waals surface area contributed by atoms with E-state index < -0.39 is 11.5 Å². The summed E-state index contributed by atoms with van der Waals surface area (Å²) in [6.07, 6.45) is -0.277. The third-order valence-electron chi connectivity index (χ3n) is 4.71. The molecule has 4 nitrogen and oxygen atoms in total. The average Bonchev–Trinajstić information content (AvgIpc) is 3.27. The van der Waals surface area contributed by atoms with Gasteiger partial charge in [0.25, 0.3) is 5.91 Å². The van der Waals surface area contributed by atoms with Gasteiger partial charge < -0.3 is 10.0 Å². The lowest BCUT2D eigenvalue weighted by Gasteiger charge is -2.22. The predicted octanol–water partition coefficient (Wildman–Crippen LogP) is 4.41. The standard InChI is InChI=1S/C21H16ClNO3S/c22-15-9-7-14(8-10-15)13-23-17-5-2-1-4-16(17)21(26,20(23)25)12-18(24)19-6-3-11-27-19/h1-11,26H,12-13H2. The molecule has 1 N–H and O–H groups in total. The Labute approximate surface area is 165 Å². The summed E-state index contributed by atoms with van der Waals surface area (Å²) >= 11 is 7.23. The Morgan fingerprint density at radius 3 is 2.52 bits per heavy atom. The minimum atomic E-state index is -1.86. The molecule has 27 heavy (non-hydrogen) atoms. The monoisotopic (exact) mass is 397 g/mol. The Morgan fingerprint density at radius 2 is 1.81 bits per heavy atom. The maximum Gasteiger partial charge on any atom is 0.264 e. The van der Waals surface area contributed by atoms with E-state index in [0.29, 0.717) is 27.7 Å². The number of rotatable bonds is 5. The second-order valence-corrected chi connectivity index (χ2v) is 7.86. The van der Waals surface area contributed by atoms with Crippen LogP contribution in [0.4, 0.5) is 5.69 Å². The summed E-state index contributed by atoms with van der Waals surface area (Å²) in [5.41, 5.74) is 0.119. The maximum atomic E-state index is 13.2. The Bertz CT molecular complexity index is 1000. The van der Waals surface area contributed by atoms with Gasteiger partial charge in [0.2, 0.25) is 0 Å². The number of fused-ring (bicyclic) bond motifs is 1. The second kappa shape index (κ2) is 6.93. The number of amides is 1. The molecule has 0 spiro atoms. The summed E-state index contributed by atoms with van der Waals surface area (Å²) in [4.78, 5) is 27.8. The number of hydrogen-bond acceptors (Lipinski definition) is 4. The van der Waals surface area contributed by atoms with Crippen LogP contribution in [0, 0.1) is 0 Å². The summed E-state index contributed by atoms with van der Waals surface area (Å²) in [7, 11) is 0. The fraction of sp³-hybridized carbons (Fsp3) is 0.143. The van der Waals surface area contributed by atoms with Crippen LogP contribution < -0.4 is 4.90 Å². The SMILES string of the molecule is O=C(CC1(O)C(=O)N(Cc2ccc(Cl)cc2)c2ccccc21)c1cccs1. The molecule has 0 saturated heterocycles. The number of Topliss-reactive ketones (excluding diaryl/α,β-unsaturated/α-hetero) is 1. The van der Waals surface area contributed by atoms with Crippen LogP contribution in [0.1, 0.15) is 27.2 Å². The van der Waals surface area contributed by atoms with Crippen molar-refractivity contribution < 1.29 is 14.7 Å². The van der Waals surface area contributed by atoms with Crippen LogP contribution in [-0.4, -0.2) is 16.8 Å². The molecule has 0 fully saturated rings. The van der Waals surface area contributed by atoms with E-state index in [-0.39, 0.29) is 12.2 Å². The van der Waals surface area contributed by atoms with E-state index in [1.54, 1.807) is 47.8 Å². The molecule has 0 saturated carbocycles. The molecule has 3 aromatic rings. The highest BCUT2D eigenvalue weighted by Gasteiger charge is 2.50. The van der Waals surface area contributed by atoms with Crippen molar-refractivity contribution in [2.45, 2.75) is 18.6 Å². The largest absolute Gasteiger partial charge is 0.375 e. The van der Waals surface area contributed by atoms with Crippen molar-refractivity contribution >= 4 is 40.3 Å². The normalized spacial score (nSPS) is 18.6. The van der Waals surface area contributed by atoms with Crippen LogP contribution in [0.15, 0.2) is 66.0 Å². The maximum absolute atomic E-state index is 13.2. The number of carbonyl (C=O) groups excluding carboxylic acids is 2. The number of thiophene rings is 1. The first kappa shape index (κ1) is 17.9. The number of ketones is 1. The second-order valence-electron chi connectivity index (χ2n) is 6.47. The van der Waals surface area contributed by atoms with Crippen molar-refractivity contribution in [1.82, 2.24) is 0 Å². The molecule has 1 aliphatic rings. The van der Waals surface area contributed by atoms with Gasteiger partial charge in [0, 0.05) is 10.6 Å². The first-order chi connectivity index (χ1) is 13.0. The lowest BCUT2D eigenvalue weighted by Crippen LogP contribution is -2.41. The van der Waals surface area contributed by atoms with E-state index in [9.17, 15) is 14.7 Å². The molecular formula is C21H16ClNO3S. The number of hydrogen-bond donors (Lipinski definition) is 1. The molecule has 4 rings (SSSR count). The van der Waals surface area contributed by atoms with Crippen LogP contribution in [0.3, 0.4) is 0 Å². The Kier molecular flexibility index (Phi) is 4.60. The Morgan fingerprint density at radius 1 is 1.07 bits per heavy atom. The fourth-order valence-corrected chi connectivity index (χ4v) is 4.15. The van der Waals surface area contributed by atoms with E-state index >= 15 is 0 Å². The molecule has 0 bridgehead atoms. The van der Waals surface area contributed by atoms with Gasteiger partial charge in [-0.3, -0.25) is 9.59 Å². The molecule has 0 aliphatic carbocycles. The number of aliphatic hydroxyl groups is 1. The molecule has 1 atom stereocenters. The van der Waals surface area contributed by atoms with Gasteiger partial charge in [0.1, 0.15) is 0 Å². The summed E-state index contributed by atoms with van der Waals surface area (Å²) < 4.78 is 0. The highest BCUT2D eigenvalue weighted by atomic mass is 35.5. The highest BCUT2D eigenvalue weighted by Crippen LogP contribution is 2.43. The van der Waals surface area contributed by atoms with E-state index in [4.69, 9.17) is 11.6 Å². The molecule has 1 aromatic heterocycles. The third-order valence-corrected chi connectivity index (χ3v) is 5.87. The minimum absolute atomic E-state index is 0.246. The molecule has 1 aliphatic heterocycles. The van der Waals surface area contributed by atoms with Gasteiger partial charge in [0.05, 0.1) is 23.5 Å². The Balaban J connectivity index is 1.68. The summed E-state index contributed by atoms with van der Waals surface area (Å²) in [5.74, 6) is -0.729. The van der Waals surface area contributed by atoms with Crippen LogP contribution in [0.25, 0.3) is 0 Å². The van der Waals surface area contributed by atoms with Crippen molar-refractivity contribution in [3.8, 4) is 0 Å². The van der Waals surface area contributed by atoms with Crippen molar-refractivity contribution in [2.24, 2.45) is 0 Å². The van der Waals surface area contributed by atoms with Gasteiger partial charge in [-0.05, 0) is 35.2 Å². The number of halogens is 1. The number of benzene rings is 2. The zero-order chi connectivity index (χ0) is 19.0. The van der Waals surface area contributed by atoms with Gasteiger partial charge >= 0.3 is 0 Å². The molecular weight excluding hydrogens is 382 g/mol. The number of anilines is 1. The zero-order valence-corrected chi connectivity index (χ0v) is 15.8. The Hall–Kier alpha value is -2.47. The highest BCUT2D eigenvalue weighted by molar-refractivity contribution is 7.12. The van der Waals surface area contributed by atoms with Gasteiger partial charge in [-0.15, -0.1) is 11.3 Å². The molecule has 2 heterocycles. The number of nitrogens with zero attached hydrogens (tertiary/aromatic N) is 1. The van der Waals surface area contributed by atoms with Gasteiger partial charge in [-0.2, -0.15) is 0 Å². The lowest BCUT2D eigenvalue weighted by molar-refractivity contribution is -0.136. The molecule has 0 radical (unpaired) electrons. The minimum Gasteiger partial charge on any atom is -0.375 e. The van der Waals surface area contributed by atoms with Crippen molar-refractivity contribution in [3.05, 3.63) is 87.1 Å². The lowest BCUT2D eigenvalue weighted by atomic mass is 9.89. The quantitative estimate of drug-likeness (QED) is 0.649. The number of carbonyl (C=O) groups is 2. The summed E-state index contributed by atoms with van der Waals surface area (Å²) in [6.45, 7) is 0.294. The fourth-order valence-electron chi connectivity index (χ4n) is 3.36. The van der Waals surface area contributed by atoms with Crippen LogP contribution in [0.5, 0.6) is 0 Å². The topological polar surface area (TPSA) is 57.6 Å². The van der Waals surface area contributed by atoms with Crippen molar-refractivity contribution in [3.63, 3.8) is 0 Å². The van der Waals surface area contributed by atoms with Crippen molar-refractivity contribution in [1.29, 1.82) is 0 Å². The molecule has 1 amide bonds. The van der Waals surface area contributed by atoms with Gasteiger partial charge in [-0.1, -0.05) is 48.0 Å². The van der Waals surface area contributed by atoms with Gasteiger partial charge in [0.15, 0.2) is 11.4 Å². The van der Waals surface area contributed by atoms with E-state index in [1.165, 1.54) is 16.2 Å². The van der Waals surface area contributed by atoms with Crippen LogP contribution >= 0.6 is 22.9 Å². The molecule has 2 aromatic carbocycles. The first-order valence-electron chi connectivity index (χ1n) is 8.44. The molecule has 6 heteroatoms. The average molecular weight is 398 g/mol. The van der Waals surface area contributed by atoms with E-state index in [1.807, 2.05) is 18.2 Å². The van der Waals surface area contributed by atoms with Gasteiger partial charge in [-0.25, -0.2) is 0 Å². The smallest absolute Gasteiger partial charge is 0.264 e. The predicted molar refractivity (Wildman–Crippen MR) is 106 cm³/mol. The van der Waals surface area contributed by atoms with E-state index in [2.05, 4.69) is 0 Å². The van der Waals surface area contributed by atoms with E-state index in [0.717, 1.165) is 5.56 Å².